The topological polar surface area (TPSA) is 114 Å². The third-order valence-corrected chi connectivity index (χ3v) is 7.50. The molecule has 0 fully saturated rings. The lowest BCUT2D eigenvalue weighted by Gasteiger charge is -2.22. The van der Waals surface area contributed by atoms with Gasteiger partial charge < -0.3 is 29.5 Å². The summed E-state index contributed by atoms with van der Waals surface area (Å²) >= 11 is 0. The average molecular weight is 581 g/mol. The standard InChI is InChI=1S/C34H32N2O7/c1-21-16-22(12-15-31(21)42-20-33(38)39)28-17-23(41-3)13-14-30(28)36(2)32(37)18-35-34(40)43-19-29-26-10-6-4-8-24(26)25-9-5-7-11-27(25)29/h4-17,29H,18-20H2,1-3H3,(H,35,40)(H,38,39). The van der Waals surface area contributed by atoms with E-state index < -0.39 is 18.7 Å². The fraction of sp³-hybridized carbons (Fsp3) is 0.206. The summed E-state index contributed by atoms with van der Waals surface area (Å²) < 4.78 is 16.3. The number of methoxy groups -OCH3 is 1. The number of carboxylic acids is 1. The molecule has 0 radical (unpaired) electrons. The lowest BCUT2D eigenvalue weighted by atomic mass is 9.98. The number of ether oxygens (including phenoxy) is 3. The van der Waals surface area contributed by atoms with E-state index in [-0.39, 0.29) is 25.0 Å². The quantitative estimate of drug-likeness (QED) is 0.250. The molecule has 2 N–H and O–H groups in total. The van der Waals surface area contributed by atoms with Crippen molar-refractivity contribution in [1.29, 1.82) is 0 Å². The van der Waals surface area contributed by atoms with Gasteiger partial charge in [-0.05, 0) is 70.6 Å². The number of rotatable bonds is 10. The molecule has 0 spiro atoms. The number of hydrogen-bond donors (Lipinski definition) is 2. The van der Waals surface area contributed by atoms with Crippen LogP contribution in [0.1, 0.15) is 22.6 Å². The molecule has 0 atom stereocenters. The Morgan fingerprint density at radius 1 is 0.884 bits per heavy atom. The van der Waals surface area contributed by atoms with Crippen molar-refractivity contribution in [2.45, 2.75) is 12.8 Å². The Bertz CT molecular complexity index is 1640. The van der Waals surface area contributed by atoms with Crippen molar-refractivity contribution >= 4 is 23.7 Å². The van der Waals surface area contributed by atoms with Crippen molar-refractivity contribution in [2.24, 2.45) is 0 Å². The summed E-state index contributed by atoms with van der Waals surface area (Å²) in [5, 5.41) is 11.5. The van der Waals surface area contributed by atoms with Gasteiger partial charge in [0.25, 0.3) is 0 Å². The number of aliphatic carboxylic acids is 1. The second kappa shape index (κ2) is 12.7. The molecule has 4 aromatic rings. The largest absolute Gasteiger partial charge is 0.497 e. The average Bonchev–Trinajstić information content (AvgIpc) is 3.34. The maximum atomic E-state index is 13.2. The van der Waals surface area contributed by atoms with E-state index in [2.05, 4.69) is 17.4 Å². The summed E-state index contributed by atoms with van der Waals surface area (Å²) in [6, 6.07) is 26.8. The molecule has 43 heavy (non-hydrogen) atoms. The van der Waals surface area contributed by atoms with Crippen LogP contribution in [0.2, 0.25) is 0 Å². The third-order valence-electron chi connectivity index (χ3n) is 7.50. The number of anilines is 1. The van der Waals surface area contributed by atoms with Crippen LogP contribution in [0.3, 0.4) is 0 Å². The normalized spacial score (nSPS) is 11.7. The Morgan fingerprint density at radius 2 is 1.56 bits per heavy atom. The molecule has 1 aliphatic carbocycles. The minimum Gasteiger partial charge on any atom is -0.497 e. The van der Waals surface area contributed by atoms with Gasteiger partial charge in [-0.15, -0.1) is 0 Å². The van der Waals surface area contributed by atoms with Crippen LogP contribution in [-0.2, 0) is 14.3 Å². The molecule has 0 saturated heterocycles. The minimum absolute atomic E-state index is 0.0808. The van der Waals surface area contributed by atoms with Gasteiger partial charge in [0.15, 0.2) is 6.61 Å². The van der Waals surface area contributed by atoms with Crippen LogP contribution in [0.4, 0.5) is 10.5 Å². The number of nitrogens with zero attached hydrogens (tertiary/aromatic N) is 1. The van der Waals surface area contributed by atoms with Crippen LogP contribution in [-0.4, -0.2) is 57.0 Å². The summed E-state index contributed by atoms with van der Waals surface area (Å²) in [4.78, 5) is 38.2. The molecule has 4 aromatic carbocycles. The molecular weight excluding hydrogens is 548 g/mol. The first-order valence-corrected chi connectivity index (χ1v) is 13.8. The van der Waals surface area contributed by atoms with E-state index in [1.807, 2.05) is 55.5 Å². The van der Waals surface area contributed by atoms with Crippen LogP contribution in [0.15, 0.2) is 84.9 Å². The number of carbonyl (C=O) groups excluding carboxylic acids is 2. The van der Waals surface area contributed by atoms with Crippen LogP contribution in [0.25, 0.3) is 22.3 Å². The van der Waals surface area contributed by atoms with E-state index in [1.54, 1.807) is 38.4 Å². The van der Waals surface area contributed by atoms with Gasteiger partial charge >= 0.3 is 12.1 Å². The van der Waals surface area contributed by atoms with E-state index in [0.717, 1.165) is 33.4 Å². The second-order valence-corrected chi connectivity index (χ2v) is 10.2. The number of hydrogen-bond acceptors (Lipinski definition) is 6. The lowest BCUT2D eigenvalue weighted by Crippen LogP contribution is -2.39. The first-order chi connectivity index (χ1) is 20.8. The number of aryl methyl sites for hydroxylation is 1. The maximum absolute atomic E-state index is 13.2. The third kappa shape index (κ3) is 6.30. The van der Waals surface area contributed by atoms with Crippen molar-refractivity contribution in [3.8, 4) is 33.8 Å². The molecule has 0 bridgehead atoms. The van der Waals surface area contributed by atoms with E-state index in [9.17, 15) is 14.4 Å². The van der Waals surface area contributed by atoms with Gasteiger partial charge in [0, 0.05) is 18.5 Å². The molecule has 0 saturated carbocycles. The number of nitrogens with one attached hydrogen (secondary N) is 1. The molecule has 0 aromatic heterocycles. The van der Waals surface area contributed by atoms with E-state index in [0.29, 0.717) is 22.7 Å². The summed E-state index contributed by atoms with van der Waals surface area (Å²) in [6.07, 6.45) is -0.675. The van der Waals surface area contributed by atoms with E-state index in [1.165, 1.54) is 4.90 Å². The highest BCUT2D eigenvalue weighted by atomic mass is 16.5. The Kier molecular flexibility index (Phi) is 8.61. The summed E-state index contributed by atoms with van der Waals surface area (Å²) in [7, 11) is 3.18. The molecule has 9 heteroatoms. The van der Waals surface area contributed by atoms with E-state index >= 15 is 0 Å². The zero-order valence-electron chi connectivity index (χ0n) is 24.1. The number of fused-ring (bicyclic) bond motifs is 3. The van der Waals surface area contributed by atoms with Gasteiger partial charge in [0.05, 0.1) is 12.8 Å². The van der Waals surface area contributed by atoms with Gasteiger partial charge in [-0.2, -0.15) is 0 Å². The van der Waals surface area contributed by atoms with Crippen molar-refractivity contribution in [3.05, 3.63) is 102 Å². The monoisotopic (exact) mass is 580 g/mol. The molecule has 2 amide bonds. The molecule has 0 unspecified atom stereocenters. The molecule has 0 aliphatic heterocycles. The number of carbonyl (C=O) groups is 3. The van der Waals surface area contributed by atoms with Crippen molar-refractivity contribution in [2.75, 3.05) is 38.8 Å². The predicted molar refractivity (Wildman–Crippen MR) is 163 cm³/mol. The summed E-state index contributed by atoms with van der Waals surface area (Å²) in [5.41, 5.74) is 7.31. The molecule has 1 aliphatic rings. The summed E-state index contributed by atoms with van der Waals surface area (Å²) in [6.45, 7) is 1.25. The highest BCUT2D eigenvalue weighted by molar-refractivity contribution is 5.99. The van der Waals surface area contributed by atoms with Crippen LogP contribution < -0.4 is 19.7 Å². The Morgan fingerprint density at radius 3 is 2.19 bits per heavy atom. The Hall–Kier alpha value is -5.31. The molecule has 220 valence electrons. The van der Waals surface area contributed by atoms with Crippen LogP contribution in [0, 0.1) is 6.92 Å². The zero-order valence-corrected chi connectivity index (χ0v) is 24.1. The smallest absolute Gasteiger partial charge is 0.407 e. The number of alkyl carbamates (subject to hydrolysis) is 1. The lowest BCUT2D eigenvalue weighted by molar-refractivity contribution is -0.139. The molecule has 0 heterocycles. The second-order valence-electron chi connectivity index (χ2n) is 10.2. The van der Waals surface area contributed by atoms with Crippen LogP contribution >= 0.6 is 0 Å². The van der Waals surface area contributed by atoms with Gasteiger partial charge in [0.1, 0.15) is 24.7 Å². The zero-order chi connectivity index (χ0) is 30.5. The van der Waals surface area contributed by atoms with E-state index in [4.69, 9.17) is 19.3 Å². The molecule has 5 rings (SSSR count). The number of likely N-dealkylation sites (N-methyl/N-ethyl adjacent to an activating group) is 1. The van der Waals surface area contributed by atoms with Gasteiger partial charge in [-0.1, -0.05) is 54.6 Å². The van der Waals surface area contributed by atoms with Gasteiger partial charge in [-0.3, -0.25) is 4.79 Å². The predicted octanol–water partition coefficient (Wildman–Crippen LogP) is 5.64. The first kappa shape index (κ1) is 29.2. The van der Waals surface area contributed by atoms with Crippen molar-refractivity contribution < 1.29 is 33.7 Å². The highest BCUT2D eigenvalue weighted by Gasteiger charge is 2.29. The number of carboxylic acid groups (broad SMARTS) is 1. The maximum Gasteiger partial charge on any atom is 0.407 e. The molecule has 9 nitrogen and oxygen atoms in total. The van der Waals surface area contributed by atoms with Crippen LogP contribution in [0.5, 0.6) is 11.5 Å². The Labute approximate surface area is 249 Å². The van der Waals surface area contributed by atoms with Crippen molar-refractivity contribution in [3.63, 3.8) is 0 Å². The summed E-state index contributed by atoms with van der Waals surface area (Å²) in [5.74, 6) is -0.446. The van der Waals surface area contributed by atoms with Gasteiger partial charge in [-0.25, -0.2) is 9.59 Å². The first-order valence-electron chi connectivity index (χ1n) is 13.8. The SMILES string of the molecule is COc1ccc(N(C)C(=O)CNC(=O)OCC2c3ccccc3-c3ccccc32)c(-c2ccc(OCC(=O)O)c(C)c2)c1. The Balaban J connectivity index is 1.25. The fourth-order valence-electron chi connectivity index (χ4n) is 5.33. The van der Waals surface area contributed by atoms with Crippen molar-refractivity contribution in [1.82, 2.24) is 5.32 Å². The minimum atomic E-state index is -1.06. The number of benzene rings is 4. The number of amides is 2. The molecular formula is C34H32N2O7. The fourth-order valence-corrected chi connectivity index (χ4v) is 5.33. The highest BCUT2D eigenvalue weighted by Crippen LogP contribution is 2.44. The van der Waals surface area contributed by atoms with Gasteiger partial charge in [0.2, 0.25) is 5.91 Å².